The summed E-state index contributed by atoms with van der Waals surface area (Å²) >= 11 is 0. The highest BCUT2D eigenvalue weighted by Crippen LogP contribution is 2.14. The Morgan fingerprint density at radius 2 is 2.22 bits per heavy atom. The molecule has 0 spiro atoms. The van der Waals surface area contributed by atoms with E-state index in [-0.39, 0.29) is 11.9 Å². The number of aromatic nitrogens is 4. The predicted octanol–water partition coefficient (Wildman–Crippen LogP) is 0.951. The van der Waals surface area contributed by atoms with Crippen molar-refractivity contribution in [3.8, 4) is 0 Å². The second-order valence-corrected chi connectivity index (χ2v) is 3.37. The molecule has 0 aliphatic rings. The molecule has 0 unspecified atom stereocenters. The highest BCUT2D eigenvalue weighted by atomic mass is 16.1. The zero-order chi connectivity index (χ0) is 12.8. The summed E-state index contributed by atoms with van der Waals surface area (Å²) in [6, 6.07) is 1.63. The van der Waals surface area contributed by atoms with Crippen LogP contribution in [0.5, 0.6) is 0 Å². The van der Waals surface area contributed by atoms with E-state index in [1.807, 2.05) is 6.92 Å². The number of carbonyl (C=O) groups excluding carboxylic acids is 1. The Morgan fingerprint density at radius 3 is 2.94 bits per heavy atom. The summed E-state index contributed by atoms with van der Waals surface area (Å²) < 4.78 is 0. The summed E-state index contributed by atoms with van der Waals surface area (Å²) in [5.41, 5.74) is 1.15. The van der Waals surface area contributed by atoms with Gasteiger partial charge >= 0.3 is 0 Å². The molecule has 0 atom stereocenters. The Bertz CT molecular complexity index is 530. The van der Waals surface area contributed by atoms with E-state index in [1.165, 1.54) is 12.4 Å². The molecular weight excluding hydrogens is 232 g/mol. The van der Waals surface area contributed by atoms with Crippen molar-refractivity contribution in [3.63, 3.8) is 0 Å². The number of nitrogens with zero attached hydrogens (tertiary/aromatic N) is 4. The van der Waals surface area contributed by atoms with E-state index >= 15 is 0 Å². The SMILES string of the molecule is CCNc1cnccc1C(=O)Nc1nccnn1. The van der Waals surface area contributed by atoms with Crippen molar-refractivity contribution in [1.82, 2.24) is 20.2 Å². The van der Waals surface area contributed by atoms with Crippen LogP contribution in [0.3, 0.4) is 0 Å². The average molecular weight is 244 g/mol. The third kappa shape index (κ3) is 2.76. The molecule has 7 heteroatoms. The Morgan fingerprint density at radius 1 is 1.33 bits per heavy atom. The van der Waals surface area contributed by atoms with Crippen molar-refractivity contribution in [2.45, 2.75) is 6.92 Å². The standard InChI is InChI=1S/C11H12N6O/c1-2-13-9-7-12-4-3-8(9)10(18)16-11-14-5-6-15-17-11/h3-7,13H,2H2,1H3,(H,14,16,17,18). The number of hydrogen-bond acceptors (Lipinski definition) is 6. The molecule has 1 amide bonds. The lowest BCUT2D eigenvalue weighted by Gasteiger charge is -2.09. The number of amides is 1. The maximum Gasteiger partial charge on any atom is 0.260 e. The number of hydrogen-bond donors (Lipinski definition) is 2. The first-order valence-electron chi connectivity index (χ1n) is 5.44. The second-order valence-electron chi connectivity index (χ2n) is 3.37. The zero-order valence-corrected chi connectivity index (χ0v) is 9.79. The summed E-state index contributed by atoms with van der Waals surface area (Å²) in [4.78, 5) is 19.9. The maximum absolute atomic E-state index is 12.0. The molecule has 0 fully saturated rings. The van der Waals surface area contributed by atoms with Crippen LogP contribution in [0.4, 0.5) is 11.6 Å². The van der Waals surface area contributed by atoms with Crippen LogP contribution in [-0.2, 0) is 0 Å². The topological polar surface area (TPSA) is 92.7 Å². The van der Waals surface area contributed by atoms with Gasteiger partial charge in [-0.2, -0.15) is 5.10 Å². The van der Waals surface area contributed by atoms with Crippen LogP contribution < -0.4 is 10.6 Å². The summed E-state index contributed by atoms with van der Waals surface area (Å²) in [5, 5.41) is 13.0. The van der Waals surface area contributed by atoms with Crippen molar-refractivity contribution in [2.24, 2.45) is 0 Å². The first-order chi connectivity index (χ1) is 8.81. The molecule has 0 aliphatic carbocycles. The van der Waals surface area contributed by atoms with Gasteiger partial charge in [0.25, 0.3) is 5.91 Å². The lowest BCUT2D eigenvalue weighted by Crippen LogP contribution is -2.16. The van der Waals surface area contributed by atoms with Gasteiger partial charge in [-0.25, -0.2) is 4.98 Å². The second kappa shape index (κ2) is 5.67. The normalized spacial score (nSPS) is 9.83. The molecular formula is C11H12N6O. The van der Waals surface area contributed by atoms with Crippen LogP contribution in [0.25, 0.3) is 0 Å². The highest BCUT2D eigenvalue weighted by molar-refractivity contribution is 6.07. The summed E-state index contributed by atoms with van der Waals surface area (Å²) in [7, 11) is 0. The molecule has 7 nitrogen and oxygen atoms in total. The van der Waals surface area contributed by atoms with Gasteiger partial charge in [0, 0.05) is 12.7 Å². The molecule has 0 saturated carbocycles. The van der Waals surface area contributed by atoms with Gasteiger partial charge < -0.3 is 5.32 Å². The third-order valence-electron chi connectivity index (χ3n) is 2.14. The number of nitrogens with one attached hydrogen (secondary N) is 2. The maximum atomic E-state index is 12.0. The smallest absolute Gasteiger partial charge is 0.260 e. The third-order valence-corrected chi connectivity index (χ3v) is 2.14. The van der Waals surface area contributed by atoms with Gasteiger partial charge in [-0.15, -0.1) is 5.10 Å². The molecule has 18 heavy (non-hydrogen) atoms. The largest absolute Gasteiger partial charge is 0.383 e. The van der Waals surface area contributed by atoms with Gasteiger partial charge in [-0.1, -0.05) is 0 Å². The van der Waals surface area contributed by atoms with Gasteiger partial charge in [0.15, 0.2) is 0 Å². The van der Waals surface area contributed by atoms with Crippen LogP contribution in [0.1, 0.15) is 17.3 Å². The van der Waals surface area contributed by atoms with Gasteiger partial charge in [0.2, 0.25) is 5.95 Å². The fraction of sp³-hybridized carbons (Fsp3) is 0.182. The van der Waals surface area contributed by atoms with Crippen LogP contribution in [0, 0.1) is 0 Å². The predicted molar refractivity (Wildman–Crippen MR) is 66.2 cm³/mol. The van der Waals surface area contributed by atoms with Crippen LogP contribution in [0.2, 0.25) is 0 Å². The number of anilines is 2. The fourth-order valence-corrected chi connectivity index (χ4v) is 1.40. The molecule has 2 heterocycles. The fourth-order valence-electron chi connectivity index (χ4n) is 1.40. The van der Waals surface area contributed by atoms with E-state index in [0.29, 0.717) is 17.8 Å². The lowest BCUT2D eigenvalue weighted by atomic mass is 10.2. The van der Waals surface area contributed by atoms with Crippen molar-refractivity contribution in [2.75, 3.05) is 17.2 Å². The molecule has 0 bridgehead atoms. The molecule has 0 aromatic carbocycles. The molecule has 92 valence electrons. The monoisotopic (exact) mass is 244 g/mol. The van der Waals surface area contributed by atoms with E-state index in [9.17, 15) is 4.79 Å². The quantitative estimate of drug-likeness (QED) is 0.831. The average Bonchev–Trinajstić information content (AvgIpc) is 2.41. The van der Waals surface area contributed by atoms with Gasteiger partial charge in [-0.05, 0) is 13.0 Å². The van der Waals surface area contributed by atoms with E-state index in [2.05, 4.69) is 30.8 Å². The number of carbonyl (C=O) groups is 1. The molecule has 0 radical (unpaired) electrons. The van der Waals surface area contributed by atoms with Crippen molar-refractivity contribution in [1.29, 1.82) is 0 Å². The zero-order valence-electron chi connectivity index (χ0n) is 9.79. The van der Waals surface area contributed by atoms with Crippen LogP contribution >= 0.6 is 0 Å². The minimum atomic E-state index is -0.304. The summed E-state index contributed by atoms with van der Waals surface area (Å²) in [5.74, 6) is -0.136. The van der Waals surface area contributed by atoms with Gasteiger partial charge in [-0.3, -0.25) is 15.1 Å². The molecule has 0 saturated heterocycles. The van der Waals surface area contributed by atoms with E-state index < -0.39 is 0 Å². The van der Waals surface area contributed by atoms with E-state index in [4.69, 9.17) is 0 Å². The van der Waals surface area contributed by atoms with Crippen LogP contribution in [-0.4, -0.2) is 32.6 Å². The van der Waals surface area contributed by atoms with Crippen molar-refractivity contribution >= 4 is 17.5 Å². The first-order valence-corrected chi connectivity index (χ1v) is 5.44. The number of pyridine rings is 1. The Kier molecular flexibility index (Phi) is 3.75. The minimum absolute atomic E-state index is 0.168. The van der Waals surface area contributed by atoms with Crippen molar-refractivity contribution in [3.05, 3.63) is 36.4 Å². The van der Waals surface area contributed by atoms with Gasteiger partial charge in [0.1, 0.15) is 0 Å². The number of rotatable bonds is 4. The summed E-state index contributed by atoms with van der Waals surface area (Å²) in [6.07, 6.45) is 6.05. The molecule has 2 aromatic heterocycles. The van der Waals surface area contributed by atoms with Gasteiger partial charge in [0.05, 0.1) is 29.8 Å². The molecule has 2 rings (SSSR count). The van der Waals surface area contributed by atoms with E-state index in [0.717, 1.165) is 0 Å². The van der Waals surface area contributed by atoms with Crippen molar-refractivity contribution < 1.29 is 4.79 Å². The highest BCUT2D eigenvalue weighted by Gasteiger charge is 2.12. The van der Waals surface area contributed by atoms with E-state index in [1.54, 1.807) is 18.5 Å². The molecule has 2 N–H and O–H groups in total. The minimum Gasteiger partial charge on any atom is -0.383 e. The molecule has 0 aliphatic heterocycles. The Hall–Kier alpha value is -2.57. The Labute approximate surface area is 104 Å². The molecule has 2 aromatic rings. The van der Waals surface area contributed by atoms with Crippen LogP contribution in [0.15, 0.2) is 30.9 Å². The first kappa shape index (κ1) is 11.9. The Balaban J connectivity index is 2.19. The lowest BCUT2D eigenvalue weighted by molar-refractivity contribution is 0.102. The summed E-state index contributed by atoms with van der Waals surface area (Å²) in [6.45, 7) is 2.65.